The normalized spacial score (nSPS) is 13.1. The average molecular weight is 247 g/mol. The largest absolute Gasteiger partial charge is 0.398 e. The number of fused-ring (bicyclic) bond motifs is 1. The van der Waals surface area contributed by atoms with E-state index >= 15 is 0 Å². The Morgan fingerprint density at radius 2 is 2.17 bits per heavy atom. The van der Waals surface area contributed by atoms with Crippen molar-refractivity contribution in [3.63, 3.8) is 0 Å². The fraction of sp³-hybridized carbons (Fsp3) is 0.500. The van der Waals surface area contributed by atoms with Gasteiger partial charge in [-0.15, -0.1) is 0 Å². The number of nitrogens with zero attached hydrogens (tertiary/aromatic N) is 2. The molecule has 0 spiro atoms. The number of hydrogen-bond donors (Lipinski definition) is 1. The molecule has 0 aliphatic carbocycles. The van der Waals surface area contributed by atoms with E-state index in [4.69, 9.17) is 10.5 Å². The van der Waals surface area contributed by atoms with Crippen molar-refractivity contribution in [2.24, 2.45) is 0 Å². The maximum Gasteiger partial charge on any atom is 0.0836 e. The Morgan fingerprint density at radius 1 is 1.44 bits per heavy atom. The van der Waals surface area contributed by atoms with Gasteiger partial charge in [0, 0.05) is 24.1 Å². The second-order valence-electron chi connectivity index (χ2n) is 4.55. The van der Waals surface area contributed by atoms with Crippen molar-refractivity contribution >= 4 is 11.2 Å². The summed E-state index contributed by atoms with van der Waals surface area (Å²) in [6, 6.07) is 1.99. The predicted molar refractivity (Wildman–Crippen MR) is 73.8 cm³/mol. The lowest BCUT2D eigenvalue weighted by Gasteiger charge is -2.12. The third-order valence-electron chi connectivity index (χ3n) is 3.28. The number of anilines is 1. The summed E-state index contributed by atoms with van der Waals surface area (Å²) in [5.41, 5.74) is 11.1. The lowest BCUT2D eigenvalue weighted by atomic mass is 10.1. The van der Waals surface area contributed by atoms with Gasteiger partial charge in [0.2, 0.25) is 0 Å². The summed E-state index contributed by atoms with van der Waals surface area (Å²) >= 11 is 0. The molecule has 0 aliphatic heterocycles. The number of aryl methyl sites for hydroxylation is 2. The number of ether oxygens (including phenoxy) is 1. The molecule has 98 valence electrons. The van der Waals surface area contributed by atoms with E-state index in [1.165, 1.54) is 0 Å². The second kappa shape index (κ2) is 4.98. The number of rotatable bonds is 4. The molecule has 1 atom stereocenters. The highest BCUT2D eigenvalue weighted by atomic mass is 16.5. The highest BCUT2D eigenvalue weighted by Crippen LogP contribution is 2.28. The summed E-state index contributed by atoms with van der Waals surface area (Å²) in [5.74, 6) is 0. The van der Waals surface area contributed by atoms with Crippen LogP contribution in [0.3, 0.4) is 0 Å². The predicted octanol–water partition coefficient (Wildman–Crippen LogP) is 2.88. The van der Waals surface area contributed by atoms with Crippen LogP contribution in [0.4, 0.5) is 5.69 Å². The van der Waals surface area contributed by atoms with Crippen LogP contribution in [0.1, 0.15) is 43.7 Å². The average Bonchev–Trinajstić information content (AvgIpc) is 2.68. The Labute approximate surface area is 108 Å². The zero-order valence-corrected chi connectivity index (χ0v) is 11.5. The van der Waals surface area contributed by atoms with Gasteiger partial charge in [0.05, 0.1) is 17.3 Å². The van der Waals surface area contributed by atoms with Gasteiger partial charge < -0.3 is 10.5 Å². The van der Waals surface area contributed by atoms with Crippen molar-refractivity contribution in [1.29, 1.82) is 0 Å². The highest BCUT2D eigenvalue weighted by molar-refractivity contribution is 5.65. The third-order valence-corrected chi connectivity index (χ3v) is 3.28. The lowest BCUT2D eigenvalue weighted by molar-refractivity contribution is 0.0768. The summed E-state index contributed by atoms with van der Waals surface area (Å²) in [6.45, 7) is 8.87. The first-order valence-electron chi connectivity index (χ1n) is 6.47. The van der Waals surface area contributed by atoms with Gasteiger partial charge in [0.25, 0.3) is 0 Å². The molecule has 2 aromatic rings. The second-order valence-corrected chi connectivity index (χ2v) is 4.55. The molecule has 0 bridgehead atoms. The molecule has 0 aliphatic rings. The molecule has 4 heteroatoms. The van der Waals surface area contributed by atoms with E-state index in [9.17, 15) is 0 Å². The first kappa shape index (κ1) is 12.9. The van der Waals surface area contributed by atoms with Crippen LogP contribution in [0.25, 0.3) is 5.52 Å². The maximum absolute atomic E-state index is 6.00. The minimum atomic E-state index is 0.0459. The van der Waals surface area contributed by atoms with E-state index in [-0.39, 0.29) is 6.10 Å². The molecule has 2 aromatic heterocycles. The van der Waals surface area contributed by atoms with Crippen LogP contribution in [-0.2, 0) is 11.2 Å². The van der Waals surface area contributed by atoms with Crippen molar-refractivity contribution in [3.8, 4) is 0 Å². The molecule has 4 nitrogen and oxygen atoms in total. The zero-order valence-electron chi connectivity index (χ0n) is 11.5. The molecule has 1 unspecified atom stereocenters. The first-order valence-corrected chi connectivity index (χ1v) is 6.47. The molecule has 0 amide bonds. The first-order chi connectivity index (χ1) is 8.58. The van der Waals surface area contributed by atoms with Gasteiger partial charge in [0.1, 0.15) is 0 Å². The van der Waals surface area contributed by atoms with Gasteiger partial charge in [-0.3, -0.25) is 0 Å². The minimum Gasteiger partial charge on any atom is -0.398 e. The van der Waals surface area contributed by atoms with Gasteiger partial charge in [-0.2, -0.15) is 5.10 Å². The highest BCUT2D eigenvalue weighted by Gasteiger charge is 2.18. The minimum absolute atomic E-state index is 0.0459. The molecular formula is C14H21N3O. The Hall–Kier alpha value is -1.55. The SMILES string of the molecule is CCOC(C)c1c(CC)nn2cc(C)c(N)cc12. The van der Waals surface area contributed by atoms with E-state index < -0.39 is 0 Å². The topological polar surface area (TPSA) is 52.5 Å². The van der Waals surface area contributed by atoms with Crippen molar-refractivity contribution in [3.05, 3.63) is 29.1 Å². The van der Waals surface area contributed by atoms with Crippen molar-refractivity contribution in [1.82, 2.24) is 9.61 Å². The van der Waals surface area contributed by atoms with E-state index in [0.717, 1.165) is 34.4 Å². The van der Waals surface area contributed by atoms with Crippen LogP contribution < -0.4 is 5.73 Å². The number of nitrogens with two attached hydrogens (primary N) is 1. The summed E-state index contributed by atoms with van der Waals surface area (Å²) in [6.07, 6.45) is 2.92. The van der Waals surface area contributed by atoms with Gasteiger partial charge in [-0.25, -0.2) is 4.52 Å². The standard InChI is InChI=1S/C14H21N3O/c1-5-12-14(10(4)18-6-2)13-7-11(15)9(3)8-17(13)16-12/h7-8,10H,5-6,15H2,1-4H3. The molecule has 0 fully saturated rings. The number of pyridine rings is 1. The Morgan fingerprint density at radius 3 is 2.78 bits per heavy atom. The number of nitrogen functional groups attached to an aromatic ring is 1. The summed E-state index contributed by atoms with van der Waals surface area (Å²) in [4.78, 5) is 0. The van der Waals surface area contributed by atoms with Crippen molar-refractivity contribution in [2.75, 3.05) is 12.3 Å². The van der Waals surface area contributed by atoms with Crippen molar-refractivity contribution < 1.29 is 4.74 Å². The number of aromatic nitrogens is 2. The quantitative estimate of drug-likeness (QED) is 0.903. The Balaban J connectivity index is 2.64. The van der Waals surface area contributed by atoms with Crippen LogP contribution >= 0.6 is 0 Å². The van der Waals surface area contributed by atoms with E-state index in [1.807, 2.05) is 30.6 Å². The van der Waals surface area contributed by atoms with Crippen LogP contribution in [0, 0.1) is 6.92 Å². The molecular weight excluding hydrogens is 226 g/mol. The molecule has 0 saturated heterocycles. The molecule has 0 radical (unpaired) electrons. The van der Waals surface area contributed by atoms with E-state index in [0.29, 0.717) is 6.61 Å². The smallest absolute Gasteiger partial charge is 0.0836 e. The fourth-order valence-corrected chi connectivity index (χ4v) is 2.31. The van der Waals surface area contributed by atoms with Crippen LogP contribution in [0.2, 0.25) is 0 Å². The van der Waals surface area contributed by atoms with Crippen LogP contribution in [-0.4, -0.2) is 16.2 Å². The molecule has 2 heterocycles. The molecule has 0 saturated carbocycles. The van der Waals surface area contributed by atoms with E-state index in [1.54, 1.807) is 0 Å². The lowest BCUT2D eigenvalue weighted by Crippen LogP contribution is -2.02. The molecule has 2 N–H and O–H groups in total. The Bertz CT molecular complexity index is 560. The van der Waals surface area contributed by atoms with Gasteiger partial charge >= 0.3 is 0 Å². The van der Waals surface area contributed by atoms with Gasteiger partial charge in [0.15, 0.2) is 0 Å². The van der Waals surface area contributed by atoms with Gasteiger partial charge in [-0.1, -0.05) is 6.92 Å². The Kier molecular flexibility index (Phi) is 3.57. The van der Waals surface area contributed by atoms with Gasteiger partial charge in [-0.05, 0) is 38.8 Å². The maximum atomic E-state index is 6.00. The summed E-state index contributed by atoms with van der Waals surface area (Å²) in [5, 5.41) is 4.62. The van der Waals surface area contributed by atoms with E-state index in [2.05, 4.69) is 18.9 Å². The zero-order chi connectivity index (χ0) is 13.3. The summed E-state index contributed by atoms with van der Waals surface area (Å²) < 4.78 is 7.62. The van der Waals surface area contributed by atoms with Crippen LogP contribution in [0.15, 0.2) is 12.3 Å². The summed E-state index contributed by atoms with van der Waals surface area (Å²) in [7, 11) is 0. The number of hydrogen-bond acceptors (Lipinski definition) is 3. The van der Waals surface area contributed by atoms with Crippen LogP contribution in [0.5, 0.6) is 0 Å². The molecule has 0 aromatic carbocycles. The molecule has 18 heavy (non-hydrogen) atoms. The molecule has 2 rings (SSSR count). The van der Waals surface area contributed by atoms with Crippen molar-refractivity contribution in [2.45, 2.75) is 40.2 Å². The monoisotopic (exact) mass is 247 g/mol. The fourth-order valence-electron chi connectivity index (χ4n) is 2.31. The third kappa shape index (κ3) is 2.08.